The number of hydrogen-bond acceptors (Lipinski definition) is 5. The van der Waals surface area contributed by atoms with E-state index in [2.05, 4.69) is 25.5 Å². The fraction of sp³-hybridized carbons (Fsp3) is 0.333. The summed E-state index contributed by atoms with van der Waals surface area (Å²) in [6, 6.07) is 5.72. The topological polar surface area (TPSA) is 108 Å². The summed E-state index contributed by atoms with van der Waals surface area (Å²) in [5, 5.41) is 11.4. The van der Waals surface area contributed by atoms with Crippen LogP contribution in [0.2, 0.25) is 0 Å². The average molecular weight is 344 g/mol. The zero-order valence-electron chi connectivity index (χ0n) is 12.9. The molecule has 1 amide bonds. The normalized spacial score (nSPS) is 15.5. The SMILES string of the molecule is CC(Sc1nncn1C1CC1)C(=O)Nc1ccc2[nH]c(=O)[nH]c2c1. The van der Waals surface area contributed by atoms with Gasteiger partial charge in [-0.3, -0.25) is 4.79 Å². The summed E-state index contributed by atoms with van der Waals surface area (Å²) in [5.74, 6) is -0.123. The van der Waals surface area contributed by atoms with E-state index in [9.17, 15) is 9.59 Å². The van der Waals surface area contributed by atoms with Crippen LogP contribution in [0.4, 0.5) is 5.69 Å². The Hall–Kier alpha value is -2.55. The second-order valence-electron chi connectivity index (χ2n) is 5.84. The highest BCUT2D eigenvalue weighted by Crippen LogP contribution is 2.38. The molecule has 0 spiro atoms. The van der Waals surface area contributed by atoms with E-state index in [1.165, 1.54) is 11.8 Å². The van der Waals surface area contributed by atoms with Gasteiger partial charge < -0.3 is 19.9 Å². The Labute approximate surface area is 141 Å². The molecular weight excluding hydrogens is 328 g/mol. The molecule has 1 saturated carbocycles. The number of thioether (sulfide) groups is 1. The summed E-state index contributed by atoms with van der Waals surface area (Å²) in [7, 11) is 0. The number of imidazole rings is 1. The lowest BCUT2D eigenvalue weighted by Crippen LogP contribution is -2.22. The molecule has 1 aliphatic rings. The number of nitrogens with one attached hydrogen (secondary N) is 3. The standard InChI is InChI=1S/C15H16N6O2S/c1-8(24-15-20-16-7-21(15)10-3-4-10)13(22)17-9-2-5-11-12(6-9)19-14(23)18-11/h2,5-8,10H,3-4H2,1H3,(H,17,22)(H2,18,19,23). The van der Waals surface area contributed by atoms with E-state index >= 15 is 0 Å². The molecule has 8 nitrogen and oxygen atoms in total. The summed E-state index contributed by atoms with van der Waals surface area (Å²) in [4.78, 5) is 29.0. The van der Waals surface area contributed by atoms with Gasteiger partial charge in [0.25, 0.3) is 0 Å². The first kappa shape index (κ1) is 15.0. The van der Waals surface area contributed by atoms with Crippen molar-refractivity contribution in [1.82, 2.24) is 24.7 Å². The molecule has 9 heteroatoms. The van der Waals surface area contributed by atoms with Gasteiger partial charge in [-0.1, -0.05) is 11.8 Å². The molecule has 124 valence electrons. The quantitative estimate of drug-likeness (QED) is 0.613. The molecule has 0 radical (unpaired) electrons. The van der Waals surface area contributed by atoms with Crippen LogP contribution in [0.5, 0.6) is 0 Å². The number of fused-ring (bicyclic) bond motifs is 1. The molecule has 1 unspecified atom stereocenters. The van der Waals surface area contributed by atoms with Crippen LogP contribution in [0.1, 0.15) is 25.8 Å². The minimum atomic E-state index is -0.312. The third-order valence-electron chi connectivity index (χ3n) is 3.92. The van der Waals surface area contributed by atoms with Crippen molar-refractivity contribution in [3.63, 3.8) is 0 Å². The Morgan fingerprint density at radius 3 is 2.96 bits per heavy atom. The predicted octanol–water partition coefficient (Wildman–Crippen LogP) is 1.90. The van der Waals surface area contributed by atoms with E-state index in [0.29, 0.717) is 22.8 Å². The molecule has 2 aromatic heterocycles. The van der Waals surface area contributed by atoms with Crippen molar-refractivity contribution in [3.8, 4) is 0 Å². The molecule has 0 aliphatic heterocycles. The van der Waals surface area contributed by atoms with Gasteiger partial charge in [0.1, 0.15) is 6.33 Å². The maximum Gasteiger partial charge on any atom is 0.323 e. The van der Waals surface area contributed by atoms with E-state index in [1.54, 1.807) is 24.5 Å². The summed E-state index contributed by atoms with van der Waals surface area (Å²) in [6.07, 6.45) is 4.00. The number of aromatic amines is 2. The van der Waals surface area contributed by atoms with Gasteiger partial charge in [0.05, 0.1) is 16.3 Å². The molecule has 1 fully saturated rings. The molecule has 24 heavy (non-hydrogen) atoms. The Kier molecular flexibility index (Phi) is 3.64. The number of anilines is 1. The molecule has 2 heterocycles. The molecule has 3 aromatic rings. The van der Waals surface area contributed by atoms with Crippen molar-refractivity contribution in [2.45, 2.75) is 36.2 Å². The average Bonchev–Trinajstić information content (AvgIpc) is 3.17. The van der Waals surface area contributed by atoms with Crippen molar-refractivity contribution in [2.75, 3.05) is 5.32 Å². The number of nitrogens with zero attached hydrogens (tertiary/aromatic N) is 3. The van der Waals surface area contributed by atoms with Gasteiger partial charge in [0, 0.05) is 11.7 Å². The highest BCUT2D eigenvalue weighted by atomic mass is 32.2. The minimum Gasteiger partial charge on any atom is -0.325 e. The zero-order valence-corrected chi connectivity index (χ0v) is 13.8. The van der Waals surface area contributed by atoms with Gasteiger partial charge in [-0.25, -0.2) is 4.79 Å². The summed E-state index contributed by atoms with van der Waals surface area (Å²) >= 11 is 1.39. The number of carbonyl (C=O) groups excluding carboxylic acids is 1. The number of H-pyrrole nitrogens is 2. The number of benzene rings is 1. The largest absolute Gasteiger partial charge is 0.325 e. The highest BCUT2D eigenvalue weighted by molar-refractivity contribution is 8.00. The van der Waals surface area contributed by atoms with Gasteiger partial charge in [-0.15, -0.1) is 10.2 Å². The van der Waals surface area contributed by atoms with Crippen LogP contribution in [0.3, 0.4) is 0 Å². The lowest BCUT2D eigenvalue weighted by atomic mass is 10.2. The Morgan fingerprint density at radius 1 is 1.38 bits per heavy atom. The smallest absolute Gasteiger partial charge is 0.323 e. The first-order valence-corrected chi connectivity index (χ1v) is 8.57. The molecule has 0 saturated heterocycles. The van der Waals surface area contributed by atoms with E-state index in [-0.39, 0.29) is 16.8 Å². The zero-order chi connectivity index (χ0) is 16.7. The van der Waals surface area contributed by atoms with Crippen LogP contribution in [0.25, 0.3) is 11.0 Å². The van der Waals surface area contributed by atoms with Crippen LogP contribution < -0.4 is 11.0 Å². The van der Waals surface area contributed by atoms with E-state index in [0.717, 1.165) is 18.0 Å². The van der Waals surface area contributed by atoms with Gasteiger partial charge in [-0.05, 0) is 38.0 Å². The summed E-state index contributed by atoms with van der Waals surface area (Å²) in [6.45, 7) is 1.84. The fourth-order valence-corrected chi connectivity index (χ4v) is 3.38. The van der Waals surface area contributed by atoms with Crippen molar-refractivity contribution in [1.29, 1.82) is 0 Å². The first-order chi connectivity index (χ1) is 11.6. The number of aromatic nitrogens is 5. The van der Waals surface area contributed by atoms with Crippen LogP contribution in [0.15, 0.2) is 34.5 Å². The third kappa shape index (κ3) is 2.94. The number of carbonyl (C=O) groups is 1. The third-order valence-corrected chi connectivity index (χ3v) is 4.99. The Bertz CT molecular complexity index is 954. The van der Waals surface area contributed by atoms with Crippen molar-refractivity contribution < 1.29 is 4.79 Å². The maximum absolute atomic E-state index is 12.4. The number of rotatable bonds is 5. The molecule has 3 N–H and O–H groups in total. The van der Waals surface area contributed by atoms with Gasteiger partial charge >= 0.3 is 5.69 Å². The van der Waals surface area contributed by atoms with Crippen LogP contribution in [0, 0.1) is 0 Å². The van der Waals surface area contributed by atoms with Gasteiger partial charge in [0.2, 0.25) is 5.91 Å². The monoisotopic (exact) mass is 344 g/mol. The van der Waals surface area contributed by atoms with E-state index in [1.807, 2.05) is 11.5 Å². The summed E-state index contributed by atoms with van der Waals surface area (Å²) < 4.78 is 2.03. The maximum atomic E-state index is 12.4. The molecule has 4 rings (SSSR count). The first-order valence-electron chi connectivity index (χ1n) is 7.69. The van der Waals surface area contributed by atoms with E-state index < -0.39 is 0 Å². The highest BCUT2D eigenvalue weighted by Gasteiger charge is 2.28. The second kappa shape index (κ2) is 5.82. The molecule has 0 bridgehead atoms. The van der Waals surface area contributed by atoms with Crippen LogP contribution >= 0.6 is 11.8 Å². The molecule has 1 aromatic carbocycles. The molecule has 1 atom stereocenters. The number of hydrogen-bond donors (Lipinski definition) is 3. The second-order valence-corrected chi connectivity index (χ2v) is 7.15. The van der Waals surface area contributed by atoms with Gasteiger partial charge in [0.15, 0.2) is 5.16 Å². The Balaban J connectivity index is 1.45. The van der Waals surface area contributed by atoms with E-state index in [4.69, 9.17) is 0 Å². The van der Waals surface area contributed by atoms with Crippen LogP contribution in [-0.4, -0.2) is 35.9 Å². The predicted molar refractivity (Wildman–Crippen MR) is 91.2 cm³/mol. The lowest BCUT2D eigenvalue weighted by molar-refractivity contribution is -0.115. The number of amides is 1. The van der Waals surface area contributed by atoms with Crippen LogP contribution in [-0.2, 0) is 4.79 Å². The summed E-state index contributed by atoms with van der Waals surface area (Å²) in [5.41, 5.74) is 1.74. The molecular formula is C15H16N6O2S. The Morgan fingerprint density at radius 2 is 2.17 bits per heavy atom. The van der Waals surface area contributed by atoms with Gasteiger partial charge in [-0.2, -0.15) is 0 Å². The van der Waals surface area contributed by atoms with Crippen molar-refractivity contribution in [3.05, 3.63) is 35.0 Å². The lowest BCUT2D eigenvalue weighted by Gasteiger charge is -2.12. The van der Waals surface area contributed by atoms with Crippen molar-refractivity contribution in [2.24, 2.45) is 0 Å². The minimum absolute atomic E-state index is 0.123. The van der Waals surface area contributed by atoms with Crippen molar-refractivity contribution >= 4 is 34.4 Å². The molecule has 1 aliphatic carbocycles. The fourth-order valence-electron chi connectivity index (χ4n) is 2.49.